The van der Waals surface area contributed by atoms with Crippen molar-refractivity contribution in [1.29, 1.82) is 0 Å². The van der Waals surface area contributed by atoms with Crippen LogP contribution in [0, 0.1) is 6.92 Å². The Morgan fingerprint density at radius 1 is 1.03 bits per heavy atom. The number of aromatic nitrogens is 6. The lowest BCUT2D eigenvalue weighted by Gasteiger charge is -2.18. The predicted molar refractivity (Wildman–Crippen MR) is 123 cm³/mol. The van der Waals surface area contributed by atoms with Gasteiger partial charge in [0, 0.05) is 23.5 Å². The van der Waals surface area contributed by atoms with Crippen LogP contribution in [-0.4, -0.2) is 34.4 Å². The first-order valence-electron chi connectivity index (χ1n) is 10.1. The van der Waals surface area contributed by atoms with Gasteiger partial charge in [0.15, 0.2) is 11.6 Å². The Bertz CT molecular complexity index is 1450. The monoisotopic (exact) mass is 426 g/mol. The molecule has 0 aliphatic carbocycles. The summed E-state index contributed by atoms with van der Waals surface area (Å²) in [6.45, 7) is 5.23. The summed E-state index contributed by atoms with van der Waals surface area (Å²) in [6.07, 6.45) is 3.59. The lowest BCUT2D eigenvalue weighted by molar-refractivity contribution is 0.0781. The lowest BCUT2D eigenvalue weighted by atomic mass is 10.0. The number of pyridine rings is 2. The van der Waals surface area contributed by atoms with Crippen LogP contribution in [0.5, 0.6) is 0 Å². The quantitative estimate of drug-likeness (QED) is 0.398. The average Bonchev–Trinajstić information content (AvgIpc) is 3.09. The molecule has 4 N–H and O–H groups in total. The minimum atomic E-state index is -1.03. The number of fused-ring (bicyclic) bond motifs is 2. The molecule has 0 spiro atoms. The Kier molecular flexibility index (Phi) is 4.49. The van der Waals surface area contributed by atoms with Gasteiger partial charge in [-0.05, 0) is 50.6 Å². The zero-order chi connectivity index (χ0) is 22.5. The van der Waals surface area contributed by atoms with Crippen LogP contribution in [-0.2, 0) is 5.60 Å². The van der Waals surface area contributed by atoms with Crippen LogP contribution >= 0.6 is 0 Å². The standard InChI is InChI=1S/C23H22N8O/c1-13-26-20(30-22(24)27-13)19-21(28-16-8-6-14-5-4-10-25-17(14)11-16)29-18-9-7-15(12-31(18)19)23(2,3)32/h4-12,28,32H,1-3H3,(H2,24,26,27,30). The molecular formula is C23H22N8O. The third kappa shape index (κ3) is 3.58. The maximum atomic E-state index is 10.5. The van der Waals surface area contributed by atoms with E-state index >= 15 is 0 Å². The van der Waals surface area contributed by atoms with Gasteiger partial charge in [-0.25, -0.2) is 9.97 Å². The highest BCUT2D eigenvalue weighted by molar-refractivity contribution is 5.84. The molecule has 0 amide bonds. The van der Waals surface area contributed by atoms with E-state index in [0.29, 0.717) is 28.8 Å². The summed E-state index contributed by atoms with van der Waals surface area (Å²) in [5.41, 5.74) is 8.59. The second-order valence-electron chi connectivity index (χ2n) is 8.11. The fourth-order valence-corrected chi connectivity index (χ4v) is 3.60. The number of aryl methyl sites for hydroxylation is 1. The Balaban J connectivity index is 1.71. The van der Waals surface area contributed by atoms with Crippen molar-refractivity contribution in [1.82, 2.24) is 29.3 Å². The Labute approximate surface area is 184 Å². The molecule has 0 unspecified atom stereocenters. The number of hydrogen-bond acceptors (Lipinski definition) is 8. The summed E-state index contributed by atoms with van der Waals surface area (Å²) in [5, 5.41) is 14.9. The molecule has 0 saturated carbocycles. The van der Waals surface area contributed by atoms with Crippen molar-refractivity contribution in [3.05, 3.63) is 66.2 Å². The van der Waals surface area contributed by atoms with E-state index in [-0.39, 0.29) is 5.95 Å². The van der Waals surface area contributed by atoms with Gasteiger partial charge >= 0.3 is 0 Å². The van der Waals surface area contributed by atoms with Crippen LogP contribution in [0.15, 0.2) is 54.9 Å². The molecule has 9 nitrogen and oxygen atoms in total. The molecule has 0 aliphatic rings. The van der Waals surface area contributed by atoms with Crippen molar-refractivity contribution >= 4 is 34.0 Å². The molecule has 9 heteroatoms. The van der Waals surface area contributed by atoms with E-state index in [0.717, 1.165) is 22.2 Å². The first kappa shape index (κ1) is 19.8. The number of rotatable bonds is 4. The molecule has 32 heavy (non-hydrogen) atoms. The van der Waals surface area contributed by atoms with Crippen LogP contribution in [0.3, 0.4) is 0 Å². The summed E-state index contributed by atoms with van der Waals surface area (Å²) >= 11 is 0. The number of anilines is 3. The fraction of sp³-hybridized carbons (Fsp3) is 0.174. The van der Waals surface area contributed by atoms with Gasteiger partial charge in [-0.2, -0.15) is 9.97 Å². The van der Waals surface area contributed by atoms with E-state index in [1.54, 1.807) is 27.0 Å². The van der Waals surface area contributed by atoms with Crippen molar-refractivity contribution in [2.45, 2.75) is 26.4 Å². The molecule has 1 aromatic carbocycles. The van der Waals surface area contributed by atoms with Gasteiger partial charge in [-0.3, -0.25) is 9.38 Å². The van der Waals surface area contributed by atoms with Gasteiger partial charge in [0.05, 0.1) is 11.1 Å². The zero-order valence-electron chi connectivity index (χ0n) is 17.9. The number of nitrogens with one attached hydrogen (secondary N) is 1. The van der Waals surface area contributed by atoms with Crippen LogP contribution < -0.4 is 11.1 Å². The van der Waals surface area contributed by atoms with Crippen molar-refractivity contribution in [3.8, 4) is 11.5 Å². The van der Waals surface area contributed by atoms with Crippen LogP contribution in [0.4, 0.5) is 17.5 Å². The molecule has 5 aromatic rings. The van der Waals surface area contributed by atoms with Crippen molar-refractivity contribution in [2.75, 3.05) is 11.1 Å². The van der Waals surface area contributed by atoms with Gasteiger partial charge in [0.2, 0.25) is 5.95 Å². The molecule has 0 radical (unpaired) electrons. The van der Waals surface area contributed by atoms with Crippen molar-refractivity contribution < 1.29 is 5.11 Å². The number of imidazole rings is 1. The van der Waals surface area contributed by atoms with E-state index in [4.69, 9.17) is 10.7 Å². The highest BCUT2D eigenvalue weighted by Gasteiger charge is 2.22. The molecule has 4 aromatic heterocycles. The highest BCUT2D eigenvalue weighted by atomic mass is 16.3. The Morgan fingerprint density at radius 3 is 2.66 bits per heavy atom. The molecular weight excluding hydrogens is 404 g/mol. The summed E-state index contributed by atoms with van der Waals surface area (Å²) in [4.78, 5) is 22.1. The minimum absolute atomic E-state index is 0.127. The maximum Gasteiger partial charge on any atom is 0.223 e. The maximum absolute atomic E-state index is 10.5. The van der Waals surface area contributed by atoms with Gasteiger partial charge in [0.1, 0.15) is 17.2 Å². The number of hydrogen-bond donors (Lipinski definition) is 3. The highest BCUT2D eigenvalue weighted by Crippen LogP contribution is 2.32. The third-order valence-electron chi connectivity index (χ3n) is 5.17. The first-order chi connectivity index (χ1) is 15.3. The van der Waals surface area contributed by atoms with E-state index in [9.17, 15) is 5.11 Å². The molecule has 0 atom stereocenters. The van der Waals surface area contributed by atoms with E-state index in [1.807, 2.05) is 53.1 Å². The Hall–Kier alpha value is -4.11. The number of nitrogens with two attached hydrogens (primary N) is 1. The summed E-state index contributed by atoms with van der Waals surface area (Å²) in [7, 11) is 0. The van der Waals surface area contributed by atoms with Gasteiger partial charge in [-0.15, -0.1) is 0 Å². The van der Waals surface area contributed by atoms with Gasteiger partial charge in [0.25, 0.3) is 0 Å². The second kappa shape index (κ2) is 7.24. The molecule has 5 rings (SSSR count). The van der Waals surface area contributed by atoms with E-state index in [1.165, 1.54) is 0 Å². The van der Waals surface area contributed by atoms with Crippen LogP contribution in [0.1, 0.15) is 25.2 Å². The summed E-state index contributed by atoms with van der Waals surface area (Å²) < 4.78 is 1.85. The molecule has 4 heterocycles. The topological polar surface area (TPSA) is 127 Å². The van der Waals surface area contributed by atoms with Crippen LogP contribution in [0.2, 0.25) is 0 Å². The molecule has 0 fully saturated rings. The SMILES string of the molecule is Cc1nc(N)nc(-c2c(Nc3ccc4cccnc4c3)nc3ccc(C(C)(C)O)cn23)n1. The lowest BCUT2D eigenvalue weighted by Crippen LogP contribution is -2.16. The molecule has 0 bridgehead atoms. The van der Waals surface area contributed by atoms with E-state index < -0.39 is 5.60 Å². The molecule has 0 aliphatic heterocycles. The van der Waals surface area contributed by atoms with E-state index in [2.05, 4.69) is 25.3 Å². The minimum Gasteiger partial charge on any atom is -0.386 e. The molecule has 160 valence electrons. The number of aliphatic hydroxyl groups is 1. The number of nitrogens with zero attached hydrogens (tertiary/aromatic N) is 6. The number of nitrogen functional groups attached to an aromatic ring is 1. The first-order valence-corrected chi connectivity index (χ1v) is 10.1. The Morgan fingerprint density at radius 2 is 1.88 bits per heavy atom. The smallest absolute Gasteiger partial charge is 0.223 e. The summed E-state index contributed by atoms with van der Waals surface area (Å²) in [5.74, 6) is 1.57. The van der Waals surface area contributed by atoms with Crippen molar-refractivity contribution in [3.63, 3.8) is 0 Å². The van der Waals surface area contributed by atoms with Gasteiger partial charge in [-0.1, -0.05) is 18.2 Å². The number of benzene rings is 1. The van der Waals surface area contributed by atoms with Crippen molar-refractivity contribution in [2.24, 2.45) is 0 Å². The van der Waals surface area contributed by atoms with Crippen LogP contribution in [0.25, 0.3) is 28.1 Å². The fourth-order valence-electron chi connectivity index (χ4n) is 3.60. The molecule has 0 saturated heterocycles. The van der Waals surface area contributed by atoms with Gasteiger partial charge < -0.3 is 16.2 Å². The predicted octanol–water partition coefficient (Wildman–Crippen LogP) is 3.60. The third-order valence-corrected chi connectivity index (χ3v) is 5.17. The second-order valence-corrected chi connectivity index (χ2v) is 8.11. The largest absolute Gasteiger partial charge is 0.386 e. The zero-order valence-corrected chi connectivity index (χ0v) is 17.9. The summed E-state index contributed by atoms with van der Waals surface area (Å²) in [6, 6.07) is 13.5. The normalized spacial score (nSPS) is 11.9. The average molecular weight is 426 g/mol.